The fraction of sp³-hybridized carbons (Fsp3) is 0.444. The van der Waals surface area contributed by atoms with Gasteiger partial charge in [0, 0.05) is 42.8 Å². The van der Waals surface area contributed by atoms with Crippen molar-refractivity contribution in [1.82, 2.24) is 19.5 Å². The van der Waals surface area contributed by atoms with Gasteiger partial charge in [-0.1, -0.05) is 0 Å². The van der Waals surface area contributed by atoms with Crippen LogP contribution in [-0.4, -0.2) is 56.8 Å². The highest BCUT2D eigenvalue weighted by Crippen LogP contribution is 2.33. The molecule has 192 valence electrons. The Morgan fingerprint density at radius 3 is 2.76 bits per heavy atom. The lowest BCUT2D eigenvalue weighted by molar-refractivity contribution is -0.117. The molecule has 5 rings (SSSR count). The minimum absolute atomic E-state index is 0.00394. The van der Waals surface area contributed by atoms with Crippen LogP contribution in [0.25, 0.3) is 16.6 Å². The van der Waals surface area contributed by atoms with Crippen molar-refractivity contribution in [3.63, 3.8) is 0 Å². The number of hydrogen-bond donors (Lipinski definition) is 1. The average Bonchev–Trinajstić information content (AvgIpc) is 3.47. The van der Waals surface area contributed by atoms with E-state index in [0.717, 1.165) is 35.9 Å². The highest BCUT2D eigenvalue weighted by atomic mass is 16.6. The maximum absolute atomic E-state index is 12.4. The van der Waals surface area contributed by atoms with Crippen LogP contribution in [0.3, 0.4) is 0 Å². The van der Waals surface area contributed by atoms with Crippen LogP contribution in [0.2, 0.25) is 0 Å². The number of amides is 2. The molecular formula is C27H30N6O4. The molecule has 0 aromatic carbocycles. The van der Waals surface area contributed by atoms with Gasteiger partial charge in [-0.05, 0) is 63.8 Å². The van der Waals surface area contributed by atoms with Gasteiger partial charge < -0.3 is 19.7 Å². The third-order valence-corrected chi connectivity index (χ3v) is 6.37. The molecule has 0 radical (unpaired) electrons. The smallest absolute Gasteiger partial charge is 0.410 e. The minimum Gasteiger partial charge on any atom is -0.491 e. The highest BCUT2D eigenvalue weighted by molar-refractivity contribution is 5.93. The fourth-order valence-corrected chi connectivity index (χ4v) is 4.31. The van der Waals surface area contributed by atoms with Gasteiger partial charge >= 0.3 is 6.09 Å². The third-order valence-electron chi connectivity index (χ3n) is 6.37. The van der Waals surface area contributed by atoms with Gasteiger partial charge in [-0.3, -0.25) is 4.79 Å². The van der Waals surface area contributed by atoms with Gasteiger partial charge in [0.15, 0.2) is 5.82 Å². The van der Waals surface area contributed by atoms with Gasteiger partial charge in [-0.15, -0.1) is 0 Å². The Labute approximate surface area is 215 Å². The monoisotopic (exact) mass is 502 g/mol. The molecule has 2 amide bonds. The number of hydrogen-bond acceptors (Lipinski definition) is 7. The van der Waals surface area contributed by atoms with Crippen molar-refractivity contribution in [3.8, 4) is 22.9 Å². The molecular weight excluding hydrogens is 472 g/mol. The second-order valence-electron chi connectivity index (χ2n) is 10.6. The van der Waals surface area contributed by atoms with Gasteiger partial charge in [0.1, 0.15) is 23.1 Å². The van der Waals surface area contributed by atoms with E-state index < -0.39 is 5.60 Å². The number of fused-ring (bicyclic) bond motifs is 1. The Morgan fingerprint density at radius 1 is 1.22 bits per heavy atom. The Balaban J connectivity index is 1.31. The van der Waals surface area contributed by atoms with Crippen LogP contribution in [0.4, 0.5) is 10.6 Å². The number of nitrogens with one attached hydrogen (secondary N) is 1. The zero-order valence-corrected chi connectivity index (χ0v) is 21.2. The summed E-state index contributed by atoms with van der Waals surface area (Å²) in [4.78, 5) is 30.4. The minimum atomic E-state index is -0.533. The summed E-state index contributed by atoms with van der Waals surface area (Å²) in [5.41, 5.74) is 2.12. The van der Waals surface area contributed by atoms with Gasteiger partial charge in [-0.25, -0.2) is 14.3 Å². The molecule has 0 unspecified atom stereocenters. The molecule has 1 saturated carbocycles. The van der Waals surface area contributed by atoms with Gasteiger partial charge in [0.25, 0.3) is 0 Å². The number of ether oxygens (including phenoxy) is 2. The summed E-state index contributed by atoms with van der Waals surface area (Å²) in [6.07, 6.45) is 5.73. The summed E-state index contributed by atoms with van der Waals surface area (Å²) in [6, 6.07) is 9.43. The Kier molecular flexibility index (Phi) is 6.46. The van der Waals surface area contributed by atoms with Crippen LogP contribution in [0.1, 0.15) is 45.7 Å². The van der Waals surface area contributed by atoms with Crippen LogP contribution in [0, 0.1) is 23.2 Å². The van der Waals surface area contributed by atoms with Crippen LogP contribution >= 0.6 is 0 Å². The number of aromatic nitrogens is 3. The maximum Gasteiger partial charge on any atom is 0.410 e. The molecule has 0 spiro atoms. The molecule has 1 atom stereocenters. The fourth-order valence-electron chi connectivity index (χ4n) is 4.31. The number of nitriles is 1. The average molecular weight is 503 g/mol. The van der Waals surface area contributed by atoms with Gasteiger partial charge in [0.05, 0.1) is 18.3 Å². The first-order valence-electron chi connectivity index (χ1n) is 12.5. The number of pyridine rings is 2. The molecule has 10 heteroatoms. The third kappa shape index (κ3) is 5.82. The zero-order chi connectivity index (χ0) is 26.2. The van der Waals surface area contributed by atoms with E-state index in [-0.39, 0.29) is 29.5 Å². The van der Waals surface area contributed by atoms with Crippen molar-refractivity contribution < 1.29 is 19.1 Å². The van der Waals surface area contributed by atoms with E-state index in [1.54, 1.807) is 21.7 Å². The molecule has 1 saturated heterocycles. The summed E-state index contributed by atoms with van der Waals surface area (Å²) in [5.74, 6) is 1.32. The largest absolute Gasteiger partial charge is 0.491 e. The first kappa shape index (κ1) is 24.6. The molecule has 1 N–H and O–H groups in total. The summed E-state index contributed by atoms with van der Waals surface area (Å²) in [7, 11) is 0. The lowest BCUT2D eigenvalue weighted by Crippen LogP contribution is -2.35. The van der Waals surface area contributed by atoms with Crippen molar-refractivity contribution >= 4 is 23.3 Å². The van der Waals surface area contributed by atoms with Crippen molar-refractivity contribution in [2.24, 2.45) is 11.8 Å². The predicted molar refractivity (Wildman–Crippen MR) is 136 cm³/mol. The molecule has 1 aliphatic carbocycles. The number of rotatable bonds is 6. The number of carbonyl (C=O) groups excluding carboxylic acids is 2. The first-order chi connectivity index (χ1) is 17.7. The van der Waals surface area contributed by atoms with Crippen LogP contribution < -0.4 is 10.1 Å². The lowest BCUT2D eigenvalue weighted by atomic mass is 10.1. The van der Waals surface area contributed by atoms with E-state index in [9.17, 15) is 14.9 Å². The van der Waals surface area contributed by atoms with Gasteiger partial charge in [0.2, 0.25) is 5.91 Å². The number of likely N-dealkylation sites (tertiary alicyclic amines) is 1. The summed E-state index contributed by atoms with van der Waals surface area (Å²) in [5, 5.41) is 16.7. The second-order valence-corrected chi connectivity index (χ2v) is 10.6. The Hall–Kier alpha value is -4.13. The summed E-state index contributed by atoms with van der Waals surface area (Å²) >= 11 is 0. The molecule has 37 heavy (non-hydrogen) atoms. The highest BCUT2D eigenvalue weighted by Gasteiger charge is 2.31. The van der Waals surface area contributed by atoms with Crippen LogP contribution in [0.15, 0.2) is 36.7 Å². The topological polar surface area (TPSA) is 122 Å². The summed E-state index contributed by atoms with van der Waals surface area (Å²) < 4.78 is 13.4. The zero-order valence-electron chi connectivity index (χ0n) is 21.2. The Bertz CT molecular complexity index is 1380. The van der Waals surface area contributed by atoms with E-state index in [4.69, 9.17) is 9.47 Å². The molecule has 1 aliphatic heterocycles. The van der Waals surface area contributed by atoms with Crippen molar-refractivity contribution in [2.45, 2.75) is 45.6 Å². The molecule has 3 aromatic heterocycles. The molecule has 0 bridgehead atoms. The number of carbonyl (C=O) groups is 2. The van der Waals surface area contributed by atoms with Crippen molar-refractivity contribution in [3.05, 3.63) is 42.4 Å². The Morgan fingerprint density at radius 2 is 2.03 bits per heavy atom. The SMILES string of the molecule is CC(C)(C)OC(=O)N1CC[C@H](COc2cnc(C#N)cc2-c2ccn3nc(NC(=O)C4CC4)cc3c2)C1. The number of anilines is 1. The van der Waals surface area contributed by atoms with Crippen molar-refractivity contribution in [1.29, 1.82) is 5.26 Å². The molecule has 2 fully saturated rings. The molecule has 2 aliphatic rings. The first-order valence-corrected chi connectivity index (χ1v) is 12.5. The maximum atomic E-state index is 12.4. The van der Waals surface area contributed by atoms with E-state index in [0.29, 0.717) is 31.3 Å². The second kappa shape index (κ2) is 9.73. The summed E-state index contributed by atoms with van der Waals surface area (Å²) in [6.45, 7) is 7.16. The molecule has 3 aromatic rings. The van der Waals surface area contributed by atoms with Gasteiger partial charge in [-0.2, -0.15) is 10.4 Å². The van der Waals surface area contributed by atoms with E-state index >= 15 is 0 Å². The normalized spacial score (nSPS) is 17.5. The standard InChI is InChI=1S/C27H30N6O4/c1-27(2,3)37-26(35)32-8-6-17(15-32)16-36-23-14-29-20(13-28)11-22(23)19-7-9-33-21(10-19)12-24(31-33)30-25(34)18-4-5-18/h7,9-12,14,17-18H,4-6,8,15-16H2,1-3H3,(H,30,31,34)/t17-/m0/s1. The van der Waals surface area contributed by atoms with Crippen LogP contribution in [0.5, 0.6) is 5.75 Å². The number of nitrogens with zero attached hydrogens (tertiary/aromatic N) is 5. The van der Waals surface area contributed by atoms with E-state index in [1.807, 2.05) is 45.2 Å². The lowest BCUT2D eigenvalue weighted by Gasteiger charge is -2.24. The van der Waals surface area contributed by atoms with Crippen LogP contribution in [-0.2, 0) is 9.53 Å². The van der Waals surface area contributed by atoms with E-state index in [2.05, 4.69) is 21.5 Å². The molecule has 10 nitrogen and oxygen atoms in total. The predicted octanol–water partition coefficient (Wildman–Crippen LogP) is 4.25. The van der Waals surface area contributed by atoms with Crippen molar-refractivity contribution in [2.75, 3.05) is 25.0 Å². The van der Waals surface area contributed by atoms with E-state index in [1.165, 1.54) is 0 Å². The quantitative estimate of drug-likeness (QED) is 0.535. The molecule has 4 heterocycles.